The topological polar surface area (TPSA) is 29.5 Å². The van der Waals surface area contributed by atoms with Gasteiger partial charge in [-0.2, -0.15) is 0 Å². The standard InChI is InChI=1S/C7H12O2/c1-7(6-8)2-4-9-5-3-7/h1,8H,2-6H2. The van der Waals surface area contributed by atoms with Crippen molar-refractivity contribution < 1.29 is 9.84 Å². The van der Waals surface area contributed by atoms with Crippen LogP contribution in [-0.2, 0) is 4.74 Å². The van der Waals surface area contributed by atoms with Gasteiger partial charge in [-0.3, -0.25) is 0 Å². The van der Waals surface area contributed by atoms with E-state index in [2.05, 4.69) is 0 Å². The number of aliphatic hydroxyl groups excluding tert-OH is 1. The Morgan fingerprint density at radius 2 is 2.00 bits per heavy atom. The molecule has 2 heteroatoms. The minimum absolute atomic E-state index is 0.0797. The second-order valence-corrected chi connectivity index (χ2v) is 2.63. The summed E-state index contributed by atoms with van der Waals surface area (Å²) in [5.74, 6) is 0. The average molecular weight is 128 g/mol. The van der Waals surface area contributed by atoms with Crippen LogP contribution in [0.25, 0.3) is 0 Å². The summed E-state index contributed by atoms with van der Waals surface area (Å²) in [6.07, 6.45) is 1.56. The van der Waals surface area contributed by atoms with Gasteiger partial charge in [0.2, 0.25) is 0 Å². The molecule has 0 spiro atoms. The molecule has 2 nitrogen and oxygen atoms in total. The first kappa shape index (κ1) is 7.03. The Hall–Kier alpha value is -0.0800. The predicted molar refractivity (Wildman–Crippen MR) is 33.9 cm³/mol. The zero-order valence-electron chi connectivity index (χ0n) is 5.47. The molecule has 1 saturated heterocycles. The molecular weight excluding hydrogens is 116 g/mol. The van der Waals surface area contributed by atoms with Crippen LogP contribution in [0.4, 0.5) is 0 Å². The van der Waals surface area contributed by atoms with Gasteiger partial charge in [0.1, 0.15) is 0 Å². The van der Waals surface area contributed by atoms with Crippen LogP contribution >= 0.6 is 0 Å². The molecule has 0 bridgehead atoms. The van der Waals surface area contributed by atoms with Crippen molar-refractivity contribution in [1.29, 1.82) is 0 Å². The van der Waals surface area contributed by atoms with Crippen LogP contribution < -0.4 is 0 Å². The van der Waals surface area contributed by atoms with Crippen LogP contribution in [0.3, 0.4) is 0 Å². The fourth-order valence-electron chi connectivity index (χ4n) is 0.936. The maximum absolute atomic E-state index is 8.77. The molecule has 0 aliphatic carbocycles. The third-order valence-electron chi connectivity index (χ3n) is 1.80. The van der Waals surface area contributed by atoms with Crippen molar-refractivity contribution in [3.05, 3.63) is 6.92 Å². The Bertz CT molecular complexity index is 84.9. The van der Waals surface area contributed by atoms with E-state index in [4.69, 9.17) is 16.8 Å². The summed E-state index contributed by atoms with van der Waals surface area (Å²) in [5, 5.41) is 8.77. The molecule has 0 unspecified atom stereocenters. The summed E-state index contributed by atoms with van der Waals surface area (Å²) in [7, 11) is 0. The summed E-state index contributed by atoms with van der Waals surface area (Å²) in [6, 6.07) is 0. The summed E-state index contributed by atoms with van der Waals surface area (Å²) in [6.45, 7) is 7.19. The van der Waals surface area contributed by atoms with Crippen LogP contribution in [0.1, 0.15) is 12.8 Å². The predicted octanol–water partition coefficient (Wildman–Crippen LogP) is 0.487. The third kappa shape index (κ3) is 1.66. The van der Waals surface area contributed by atoms with Gasteiger partial charge in [-0.05, 0) is 19.8 Å². The van der Waals surface area contributed by atoms with E-state index >= 15 is 0 Å². The van der Waals surface area contributed by atoms with Crippen LogP contribution in [-0.4, -0.2) is 24.9 Å². The highest BCUT2D eigenvalue weighted by Gasteiger charge is 2.26. The molecule has 1 N–H and O–H groups in total. The Morgan fingerprint density at radius 1 is 1.44 bits per heavy atom. The van der Waals surface area contributed by atoms with Crippen LogP contribution in [0, 0.1) is 12.3 Å². The van der Waals surface area contributed by atoms with Crippen molar-refractivity contribution in [2.75, 3.05) is 19.8 Å². The second kappa shape index (κ2) is 2.67. The van der Waals surface area contributed by atoms with Crippen molar-refractivity contribution in [2.24, 2.45) is 5.41 Å². The number of hydrogen-bond acceptors (Lipinski definition) is 2. The first-order valence-electron chi connectivity index (χ1n) is 3.24. The van der Waals surface area contributed by atoms with E-state index in [1.165, 1.54) is 0 Å². The van der Waals surface area contributed by atoms with Gasteiger partial charge in [0.25, 0.3) is 0 Å². The lowest BCUT2D eigenvalue weighted by molar-refractivity contribution is 0.00847. The number of rotatable bonds is 1. The molecule has 0 atom stereocenters. The monoisotopic (exact) mass is 128 g/mol. The number of aliphatic hydroxyl groups is 1. The highest BCUT2D eigenvalue weighted by Crippen LogP contribution is 2.27. The van der Waals surface area contributed by atoms with Gasteiger partial charge in [-0.25, -0.2) is 0 Å². The fourth-order valence-corrected chi connectivity index (χ4v) is 0.936. The molecule has 0 saturated carbocycles. The van der Waals surface area contributed by atoms with Crippen molar-refractivity contribution in [3.8, 4) is 0 Å². The molecule has 0 amide bonds. The molecule has 1 aliphatic rings. The molecule has 9 heavy (non-hydrogen) atoms. The SMILES string of the molecule is [CH]C1(CO)CCOCC1. The Kier molecular flexibility index (Phi) is 2.09. The molecular formula is C7H12O2. The molecule has 52 valence electrons. The van der Waals surface area contributed by atoms with Crippen LogP contribution in [0.2, 0.25) is 0 Å². The summed E-state index contributed by atoms with van der Waals surface area (Å²) >= 11 is 0. The van der Waals surface area contributed by atoms with Crippen molar-refractivity contribution in [2.45, 2.75) is 12.8 Å². The largest absolute Gasteiger partial charge is 0.396 e. The normalized spacial score (nSPS) is 26.0. The molecule has 0 aromatic rings. The smallest absolute Gasteiger partial charge is 0.0492 e. The molecule has 1 heterocycles. The van der Waals surface area contributed by atoms with E-state index in [1.54, 1.807) is 0 Å². The molecule has 1 fully saturated rings. The van der Waals surface area contributed by atoms with Gasteiger partial charge in [0.05, 0.1) is 0 Å². The third-order valence-corrected chi connectivity index (χ3v) is 1.80. The van der Waals surface area contributed by atoms with E-state index in [0.29, 0.717) is 13.2 Å². The van der Waals surface area contributed by atoms with Crippen molar-refractivity contribution in [3.63, 3.8) is 0 Å². The van der Waals surface area contributed by atoms with Gasteiger partial charge >= 0.3 is 0 Å². The maximum atomic E-state index is 8.77. The fraction of sp³-hybridized carbons (Fsp3) is 0.857. The van der Waals surface area contributed by atoms with E-state index in [1.807, 2.05) is 0 Å². The van der Waals surface area contributed by atoms with Crippen LogP contribution in [0.15, 0.2) is 0 Å². The van der Waals surface area contributed by atoms with Crippen LogP contribution in [0.5, 0.6) is 0 Å². The van der Waals surface area contributed by atoms with Gasteiger partial charge in [0.15, 0.2) is 0 Å². The Morgan fingerprint density at radius 3 is 2.33 bits per heavy atom. The minimum atomic E-state index is -0.349. The van der Waals surface area contributed by atoms with Crippen molar-refractivity contribution >= 4 is 0 Å². The quantitative estimate of drug-likeness (QED) is 0.556. The number of hydrogen-bond donors (Lipinski definition) is 1. The van der Waals surface area contributed by atoms with Gasteiger partial charge in [0, 0.05) is 25.2 Å². The maximum Gasteiger partial charge on any atom is 0.0492 e. The zero-order valence-corrected chi connectivity index (χ0v) is 5.47. The Labute approximate surface area is 55.8 Å². The summed E-state index contributed by atoms with van der Waals surface area (Å²) in [4.78, 5) is 0. The lowest BCUT2D eigenvalue weighted by Gasteiger charge is -2.30. The highest BCUT2D eigenvalue weighted by molar-refractivity contribution is 4.82. The first-order chi connectivity index (χ1) is 4.27. The van der Waals surface area contributed by atoms with E-state index in [-0.39, 0.29) is 12.0 Å². The molecule has 0 aromatic carbocycles. The van der Waals surface area contributed by atoms with E-state index < -0.39 is 0 Å². The van der Waals surface area contributed by atoms with E-state index in [9.17, 15) is 0 Å². The summed E-state index contributed by atoms with van der Waals surface area (Å²) in [5.41, 5.74) is -0.349. The van der Waals surface area contributed by atoms with Crippen molar-refractivity contribution in [1.82, 2.24) is 0 Å². The Balaban J connectivity index is 2.37. The van der Waals surface area contributed by atoms with E-state index in [0.717, 1.165) is 12.8 Å². The molecule has 0 aromatic heterocycles. The first-order valence-corrected chi connectivity index (χ1v) is 3.24. The minimum Gasteiger partial charge on any atom is -0.396 e. The van der Waals surface area contributed by atoms with Gasteiger partial charge < -0.3 is 9.84 Å². The van der Waals surface area contributed by atoms with Gasteiger partial charge in [-0.15, -0.1) is 0 Å². The van der Waals surface area contributed by atoms with Gasteiger partial charge in [-0.1, -0.05) is 0 Å². The lowest BCUT2D eigenvalue weighted by atomic mass is 9.84. The lowest BCUT2D eigenvalue weighted by Crippen LogP contribution is -2.29. The molecule has 2 radical (unpaired) electrons. The molecule has 1 rings (SSSR count). The molecule has 1 aliphatic heterocycles. The zero-order chi connectivity index (χ0) is 6.74. The second-order valence-electron chi connectivity index (χ2n) is 2.63. The highest BCUT2D eigenvalue weighted by atomic mass is 16.5. The average Bonchev–Trinajstić information content (AvgIpc) is 1.90. The number of ether oxygens (including phenoxy) is 1. The summed E-state index contributed by atoms with van der Waals surface area (Å²) < 4.78 is 5.08.